The molecule has 4 heterocycles. The van der Waals surface area contributed by atoms with Crippen molar-refractivity contribution in [3.8, 4) is 34.0 Å². The van der Waals surface area contributed by atoms with Gasteiger partial charge in [-0.15, -0.1) is 0 Å². The Morgan fingerprint density at radius 2 is 1.43 bits per heavy atom. The van der Waals surface area contributed by atoms with Gasteiger partial charge in [-0.25, -0.2) is 26.8 Å². The molecule has 0 radical (unpaired) electrons. The standard InChI is InChI=1S/C31H34N4O7S2/c1-20(2)13-16-41-31-24(12-15-33-29(31)23-9-11-27(35-18-23)44(5,39)40)30(21(3)19-36)42-25-7-6-14-32-28(25)22-8-10-26(34-17-22)43(4,37)38/h6-15,17-18,21,30,36H,16,19H2,1-5H3/t21?,30-/m1/s1. The van der Waals surface area contributed by atoms with Crippen LogP contribution in [0.2, 0.25) is 0 Å². The van der Waals surface area contributed by atoms with Crippen molar-refractivity contribution in [2.24, 2.45) is 5.92 Å². The molecule has 4 aromatic heterocycles. The van der Waals surface area contributed by atoms with Crippen molar-refractivity contribution in [2.45, 2.75) is 36.9 Å². The molecule has 44 heavy (non-hydrogen) atoms. The van der Waals surface area contributed by atoms with Crippen LogP contribution in [-0.2, 0) is 19.7 Å². The lowest BCUT2D eigenvalue weighted by molar-refractivity contribution is 0.0945. The molecule has 4 rings (SSSR count). The third-order valence-electron chi connectivity index (χ3n) is 6.57. The molecule has 1 unspecified atom stereocenters. The van der Waals surface area contributed by atoms with Crippen molar-refractivity contribution in [2.75, 3.05) is 25.7 Å². The van der Waals surface area contributed by atoms with E-state index in [9.17, 15) is 21.9 Å². The lowest BCUT2D eigenvalue weighted by Gasteiger charge is -2.27. The molecule has 1 N–H and O–H groups in total. The van der Waals surface area contributed by atoms with E-state index < -0.39 is 31.7 Å². The SMILES string of the molecule is CC(C)=CCOc1c([C@H](Oc2cccnc2-c2ccc(S(C)(=O)=O)nc2)C(C)CO)ccnc1-c1ccc(S(C)(=O)=O)nc1. The first-order valence-electron chi connectivity index (χ1n) is 13.6. The van der Waals surface area contributed by atoms with Crippen molar-refractivity contribution >= 4 is 19.7 Å². The first-order chi connectivity index (χ1) is 20.8. The lowest BCUT2D eigenvalue weighted by atomic mass is 9.95. The summed E-state index contributed by atoms with van der Waals surface area (Å²) >= 11 is 0. The van der Waals surface area contributed by atoms with Crippen LogP contribution in [0.3, 0.4) is 0 Å². The van der Waals surface area contributed by atoms with Crippen LogP contribution < -0.4 is 9.47 Å². The number of nitrogens with zero attached hydrogens (tertiary/aromatic N) is 4. The third-order valence-corrected chi connectivity index (χ3v) is 8.57. The maximum Gasteiger partial charge on any atom is 0.192 e. The monoisotopic (exact) mass is 638 g/mol. The highest BCUT2D eigenvalue weighted by molar-refractivity contribution is 7.90. The summed E-state index contributed by atoms with van der Waals surface area (Å²) in [6, 6.07) is 11.2. The molecule has 0 fully saturated rings. The van der Waals surface area contributed by atoms with Crippen molar-refractivity contribution < 1.29 is 31.4 Å². The Balaban J connectivity index is 1.82. The molecule has 4 aromatic rings. The Bertz CT molecular complexity index is 1860. The summed E-state index contributed by atoms with van der Waals surface area (Å²) < 4.78 is 60.6. The van der Waals surface area contributed by atoms with Gasteiger partial charge in [-0.3, -0.25) is 9.97 Å². The van der Waals surface area contributed by atoms with E-state index in [-0.39, 0.29) is 23.3 Å². The third kappa shape index (κ3) is 7.84. The second-order valence-corrected chi connectivity index (χ2v) is 14.5. The van der Waals surface area contributed by atoms with Gasteiger partial charge >= 0.3 is 0 Å². The highest BCUT2D eigenvalue weighted by Crippen LogP contribution is 2.41. The number of rotatable bonds is 12. The fraction of sp³-hybridized carbons (Fsp3) is 0.290. The minimum absolute atomic E-state index is 0.0621. The van der Waals surface area contributed by atoms with Gasteiger partial charge in [0.05, 0.1) is 0 Å². The molecule has 0 aliphatic carbocycles. The molecule has 0 spiro atoms. The van der Waals surface area contributed by atoms with E-state index in [1.54, 1.807) is 42.7 Å². The average molecular weight is 639 g/mol. The predicted octanol–water partition coefficient (Wildman–Crippen LogP) is 4.50. The number of sulfone groups is 2. The topological polar surface area (TPSA) is 159 Å². The molecule has 0 saturated heterocycles. The fourth-order valence-electron chi connectivity index (χ4n) is 4.24. The van der Waals surface area contributed by atoms with Crippen LogP contribution in [0.15, 0.2) is 89.0 Å². The van der Waals surface area contributed by atoms with Crippen LogP contribution in [0.1, 0.15) is 32.4 Å². The molecule has 0 aliphatic heterocycles. The van der Waals surface area contributed by atoms with Crippen molar-refractivity contribution in [3.63, 3.8) is 0 Å². The molecule has 0 aliphatic rings. The molecule has 0 aromatic carbocycles. The van der Waals surface area contributed by atoms with Crippen LogP contribution in [0, 0.1) is 5.92 Å². The highest BCUT2D eigenvalue weighted by Gasteiger charge is 2.28. The predicted molar refractivity (Wildman–Crippen MR) is 166 cm³/mol. The maximum absolute atomic E-state index is 12.0. The van der Waals surface area contributed by atoms with Gasteiger partial charge in [0.1, 0.15) is 29.8 Å². The van der Waals surface area contributed by atoms with Crippen LogP contribution in [0.25, 0.3) is 22.5 Å². The summed E-state index contributed by atoms with van der Waals surface area (Å²) in [6.07, 6.45) is 9.34. The van der Waals surface area contributed by atoms with Gasteiger partial charge in [0, 0.05) is 66.5 Å². The zero-order valence-corrected chi connectivity index (χ0v) is 26.6. The zero-order valence-electron chi connectivity index (χ0n) is 25.0. The molecule has 0 bridgehead atoms. The van der Waals surface area contributed by atoms with E-state index in [1.807, 2.05) is 26.8 Å². The zero-order chi connectivity index (χ0) is 32.1. The first-order valence-corrected chi connectivity index (χ1v) is 17.4. The van der Waals surface area contributed by atoms with E-state index in [4.69, 9.17) is 9.47 Å². The molecule has 0 saturated carbocycles. The summed E-state index contributed by atoms with van der Waals surface area (Å²) in [7, 11) is -6.99. The van der Waals surface area contributed by atoms with Crippen molar-refractivity contribution in [1.82, 2.24) is 19.9 Å². The molecule has 11 nitrogen and oxygen atoms in total. The number of hydrogen-bond donors (Lipinski definition) is 1. The van der Waals surface area contributed by atoms with E-state index in [2.05, 4.69) is 19.9 Å². The molecule has 13 heteroatoms. The van der Waals surface area contributed by atoms with Gasteiger partial charge in [0.25, 0.3) is 0 Å². The molecule has 2 atom stereocenters. The van der Waals surface area contributed by atoms with Gasteiger partial charge in [-0.1, -0.05) is 12.5 Å². The lowest BCUT2D eigenvalue weighted by Crippen LogP contribution is -2.21. The summed E-state index contributed by atoms with van der Waals surface area (Å²) in [6.45, 7) is 5.72. The average Bonchev–Trinajstić information content (AvgIpc) is 2.99. The molecule has 0 amide bonds. The smallest absolute Gasteiger partial charge is 0.192 e. The highest BCUT2D eigenvalue weighted by atomic mass is 32.2. The van der Waals surface area contributed by atoms with E-state index in [1.165, 1.54) is 24.5 Å². The summed E-state index contributed by atoms with van der Waals surface area (Å²) in [5.41, 5.74) is 3.55. The van der Waals surface area contributed by atoms with Crippen LogP contribution >= 0.6 is 0 Å². The van der Waals surface area contributed by atoms with E-state index in [0.29, 0.717) is 39.6 Å². The Morgan fingerprint density at radius 1 is 0.841 bits per heavy atom. The minimum Gasteiger partial charge on any atom is -0.487 e. The van der Waals surface area contributed by atoms with Gasteiger partial charge < -0.3 is 14.6 Å². The Morgan fingerprint density at radius 3 is 1.95 bits per heavy atom. The second kappa shape index (κ2) is 13.6. The van der Waals surface area contributed by atoms with Gasteiger partial charge in [0.15, 0.2) is 35.5 Å². The van der Waals surface area contributed by atoms with Gasteiger partial charge in [-0.05, 0) is 62.4 Å². The van der Waals surface area contributed by atoms with Crippen LogP contribution in [-0.4, -0.2) is 67.6 Å². The number of aromatic nitrogens is 4. The number of ether oxygens (including phenoxy) is 2. The van der Waals surface area contributed by atoms with Gasteiger partial charge in [0.2, 0.25) is 0 Å². The minimum atomic E-state index is -3.50. The molecule has 232 valence electrons. The maximum atomic E-state index is 12.0. The Kier molecular flexibility index (Phi) is 10.1. The summed E-state index contributed by atoms with van der Waals surface area (Å²) in [5, 5.41) is 10.1. The number of allylic oxidation sites excluding steroid dienone is 1. The largest absolute Gasteiger partial charge is 0.487 e. The number of aliphatic hydroxyl groups excluding tert-OH is 1. The van der Waals surface area contributed by atoms with Crippen LogP contribution in [0.5, 0.6) is 11.5 Å². The van der Waals surface area contributed by atoms with E-state index in [0.717, 1.165) is 18.1 Å². The van der Waals surface area contributed by atoms with E-state index >= 15 is 0 Å². The Labute approximate surface area is 257 Å². The summed E-state index contributed by atoms with van der Waals surface area (Å²) in [5.74, 6) is 0.328. The quantitative estimate of drug-likeness (QED) is 0.218. The molecular formula is C31H34N4O7S2. The van der Waals surface area contributed by atoms with Crippen molar-refractivity contribution in [1.29, 1.82) is 0 Å². The second-order valence-electron chi connectivity index (χ2n) is 10.5. The number of hydrogen-bond acceptors (Lipinski definition) is 11. The Hall–Kier alpha value is -4.20. The normalized spacial score (nSPS) is 13.1. The number of pyridine rings is 4. The van der Waals surface area contributed by atoms with Crippen molar-refractivity contribution in [3.05, 3.63) is 84.5 Å². The van der Waals surface area contributed by atoms with Gasteiger partial charge in [-0.2, -0.15) is 0 Å². The fourth-order valence-corrected chi connectivity index (χ4v) is 5.36. The summed E-state index contributed by atoms with van der Waals surface area (Å²) in [4.78, 5) is 17.2. The first kappa shape index (κ1) is 32.7. The molecular weight excluding hydrogens is 604 g/mol. The number of aliphatic hydroxyl groups is 1. The van der Waals surface area contributed by atoms with Crippen LogP contribution in [0.4, 0.5) is 0 Å².